The summed E-state index contributed by atoms with van der Waals surface area (Å²) in [6, 6.07) is 5.63. The topological polar surface area (TPSA) is 15.3 Å². The lowest BCUT2D eigenvalue weighted by atomic mass is 9.97. The quantitative estimate of drug-likeness (QED) is 0.724. The van der Waals surface area contributed by atoms with Crippen LogP contribution in [0.1, 0.15) is 75.5 Å². The Morgan fingerprint density at radius 2 is 1.70 bits per heavy atom. The van der Waals surface area contributed by atoms with Crippen molar-refractivity contribution >= 4 is 28.7 Å². The third-order valence-corrected chi connectivity index (χ3v) is 6.58. The van der Waals surface area contributed by atoms with Crippen LogP contribution in [0.15, 0.2) is 17.5 Å². The van der Waals surface area contributed by atoms with Crippen LogP contribution < -0.4 is 5.32 Å². The lowest BCUT2D eigenvalue weighted by Gasteiger charge is -2.34. The molecule has 1 heterocycles. The van der Waals surface area contributed by atoms with Crippen molar-refractivity contribution in [2.24, 2.45) is 0 Å². The van der Waals surface area contributed by atoms with Crippen LogP contribution in [-0.2, 0) is 6.54 Å². The third kappa shape index (κ3) is 5.18. The third-order valence-electron chi connectivity index (χ3n) is 5.37. The van der Waals surface area contributed by atoms with E-state index in [0.29, 0.717) is 12.1 Å². The average molecular weight is 351 g/mol. The van der Waals surface area contributed by atoms with Crippen LogP contribution in [0.5, 0.6) is 0 Å². The first-order chi connectivity index (χ1) is 11.3. The molecule has 3 rings (SSSR count). The molecule has 0 atom stereocenters. The van der Waals surface area contributed by atoms with Gasteiger partial charge in [-0.3, -0.25) is 0 Å². The minimum absolute atomic E-state index is 0.593. The molecule has 23 heavy (non-hydrogen) atoms. The number of hydrogen-bond donors (Lipinski definition) is 1. The maximum absolute atomic E-state index is 5.86. The number of rotatable bonds is 4. The van der Waals surface area contributed by atoms with E-state index in [1.807, 2.05) is 11.3 Å². The second-order valence-electron chi connectivity index (χ2n) is 7.14. The van der Waals surface area contributed by atoms with Crippen LogP contribution in [-0.4, -0.2) is 22.1 Å². The minimum Gasteiger partial charge on any atom is -0.360 e. The molecule has 2 saturated carbocycles. The molecule has 1 aromatic heterocycles. The average Bonchev–Trinajstić information content (AvgIpc) is 3.19. The fraction of sp³-hybridized carbons (Fsp3) is 0.737. The normalized spacial score (nSPS) is 20.9. The van der Waals surface area contributed by atoms with E-state index in [1.54, 1.807) is 0 Å². The molecule has 128 valence electrons. The predicted molar refractivity (Wildman–Crippen MR) is 104 cm³/mol. The number of thiophene rings is 1. The summed E-state index contributed by atoms with van der Waals surface area (Å²) in [5, 5.41) is 6.92. The van der Waals surface area contributed by atoms with Crippen molar-refractivity contribution in [3.8, 4) is 0 Å². The van der Waals surface area contributed by atoms with Gasteiger partial charge in [-0.25, -0.2) is 0 Å². The molecular formula is C19H30N2S2. The van der Waals surface area contributed by atoms with Gasteiger partial charge in [0.15, 0.2) is 5.11 Å². The van der Waals surface area contributed by atoms with Crippen molar-refractivity contribution in [3.05, 3.63) is 22.4 Å². The Kier molecular flexibility index (Phi) is 6.76. The smallest absolute Gasteiger partial charge is 0.169 e. The Hall–Kier alpha value is -0.610. The zero-order valence-corrected chi connectivity index (χ0v) is 15.8. The van der Waals surface area contributed by atoms with Crippen LogP contribution in [0.4, 0.5) is 0 Å². The summed E-state index contributed by atoms with van der Waals surface area (Å²) in [7, 11) is 0. The van der Waals surface area contributed by atoms with Gasteiger partial charge >= 0.3 is 0 Å². The molecule has 0 amide bonds. The van der Waals surface area contributed by atoms with E-state index in [-0.39, 0.29) is 0 Å². The highest BCUT2D eigenvalue weighted by atomic mass is 32.1. The monoisotopic (exact) mass is 350 g/mol. The Balaban J connectivity index is 1.61. The molecule has 2 fully saturated rings. The molecule has 0 saturated heterocycles. The van der Waals surface area contributed by atoms with Crippen LogP contribution in [0.3, 0.4) is 0 Å². The number of hydrogen-bond acceptors (Lipinski definition) is 2. The van der Waals surface area contributed by atoms with Crippen molar-refractivity contribution in [2.75, 3.05) is 0 Å². The van der Waals surface area contributed by atoms with E-state index in [1.165, 1.54) is 75.5 Å². The molecule has 1 N–H and O–H groups in total. The highest BCUT2D eigenvalue weighted by Crippen LogP contribution is 2.26. The molecule has 0 aromatic carbocycles. The van der Waals surface area contributed by atoms with Gasteiger partial charge in [0.2, 0.25) is 0 Å². The van der Waals surface area contributed by atoms with E-state index in [9.17, 15) is 0 Å². The molecular weight excluding hydrogens is 320 g/mol. The first-order valence-corrected chi connectivity index (χ1v) is 10.7. The van der Waals surface area contributed by atoms with E-state index >= 15 is 0 Å². The van der Waals surface area contributed by atoms with Crippen molar-refractivity contribution in [1.29, 1.82) is 0 Å². The van der Waals surface area contributed by atoms with Crippen LogP contribution in [0.25, 0.3) is 0 Å². The largest absolute Gasteiger partial charge is 0.360 e. The molecule has 0 spiro atoms. The van der Waals surface area contributed by atoms with E-state index in [0.717, 1.165) is 11.7 Å². The molecule has 0 bridgehead atoms. The standard InChI is InChI=1S/C19H30N2S2/c22-19(20-16-9-4-2-1-3-5-10-16)21(17-11-6-7-12-17)15-18-13-8-14-23-18/h8,13-14,16-17H,1-7,9-12,15H2,(H,20,22). The molecule has 2 aliphatic carbocycles. The zero-order valence-electron chi connectivity index (χ0n) is 14.1. The van der Waals surface area contributed by atoms with Crippen molar-refractivity contribution in [3.63, 3.8) is 0 Å². The summed E-state index contributed by atoms with van der Waals surface area (Å²) in [6.45, 7) is 0.987. The summed E-state index contributed by atoms with van der Waals surface area (Å²) in [5.41, 5.74) is 0. The molecule has 0 unspecified atom stereocenters. The van der Waals surface area contributed by atoms with E-state index < -0.39 is 0 Å². The van der Waals surface area contributed by atoms with Crippen LogP contribution >= 0.6 is 23.6 Å². The SMILES string of the molecule is S=C(NC1CCCCCCC1)N(Cc1cccs1)C1CCCC1. The van der Waals surface area contributed by atoms with Crippen molar-refractivity contribution in [1.82, 2.24) is 10.2 Å². The van der Waals surface area contributed by atoms with Gasteiger partial charge in [-0.1, -0.05) is 51.0 Å². The lowest BCUT2D eigenvalue weighted by Crippen LogP contribution is -2.48. The summed E-state index contributed by atoms with van der Waals surface area (Å²) in [4.78, 5) is 3.92. The van der Waals surface area contributed by atoms with Crippen LogP contribution in [0, 0.1) is 0 Å². The highest BCUT2D eigenvalue weighted by molar-refractivity contribution is 7.80. The lowest BCUT2D eigenvalue weighted by molar-refractivity contribution is 0.297. The zero-order chi connectivity index (χ0) is 15.9. The molecule has 1 aromatic rings. The fourth-order valence-electron chi connectivity index (χ4n) is 4.01. The van der Waals surface area contributed by atoms with E-state index in [2.05, 4.69) is 27.7 Å². The Morgan fingerprint density at radius 1 is 1.04 bits per heavy atom. The van der Waals surface area contributed by atoms with Gasteiger partial charge in [0.05, 0.1) is 6.54 Å². The number of thiocarbonyl (C=S) groups is 1. The predicted octanol–water partition coefficient (Wildman–Crippen LogP) is 5.48. The van der Waals surface area contributed by atoms with Gasteiger partial charge in [0, 0.05) is 17.0 Å². The maximum atomic E-state index is 5.86. The molecule has 4 heteroatoms. The Labute approximate surface area is 150 Å². The van der Waals surface area contributed by atoms with Crippen molar-refractivity contribution in [2.45, 2.75) is 89.3 Å². The fourth-order valence-corrected chi connectivity index (χ4v) is 5.09. The molecule has 2 aliphatic rings. The number of nitrogens with zero attached hydrogens (tertiary/aromatic N) is 1. The number of nitrogens with one attached hydrogen (secondary N) is 1. The second-order valence-corrected chi connectivity index (χ2v) is 8.56. The van der Waals surface area contributed by atoms with Gasteiger partial charge in [0.1, 0.15) is 0 Å². The van der Waals surface area contributed by atoms with Gasteiger partial charge in [-0.05, 0) is 49.3 Å². The first-order valence-electron chi connectivity index (χ1n) is 9.42. The van der Waals surface area contributed by atoms with Crippen molar-refractivity contribution < 1.29 is 0 Å². The molecule has 2 nitrogen and oxygen atoms in total. The van der Waals surface area contributed by atoms with Gasteiger partial charge in [-0.15, -0.1) is 11.3 Å². The summed E-state index contributed by atoms with van der Waals surface area (Å²) < 4.78 is 0. The summed E-state index contributed by atoms with van der Waals surface area (Å²) >= 11 is 7.71. The minimum atomic E-state index is 0.593. The Bertz CT molecular complexity index is 458. The maximum Gasteiger partial charge on any atom is 0.169 e. The molecule has 0 aliphatic heterocycles. The first kappa shape index (κ1) is 17.2. The van der Waals surface area contributed by atoms with E-state index in [4.69, 9.17) is 12.2 Å². The van der Waals surface area contributed by atoms with Gasteiger partial charge in [-0.2, -0.15) is 0 Å². The highest BCUT2D eigenvalue weighted by Gasteiger charge is 2.26. The molecule has 0 radical (unpaired) electrons. The second kappa shape index (κ2) is 9.03. The summed E-state index contributed by atoms with van der Waals surface area (Å²) in [5.74, 6) is 0. The van der Waals surface area contributed by atoms with Gasteiger partial charge in [0.25, 0.3) is 0 Å². The van der Waals surface area contributed by atoms with Crippen LogP contribution in [0.2, 0.25) is 0 Å². The summed E-state index contributed by atoms with van der Waals surface area (Å²) in [6.07, 6.45) is 14.8. The van der Waals surface area contributed by atoms with Gasteiger partial charge < -0.3 is 10.2 Å². The Morgan fingerprint density at radius 3 is 2.35 bits per heavy atom.